The van der Waals surface area contributed by atoms with Crippen molar-refractivity contribution < 1.29 is 28.6 Å². The molecule has 3 unspecified atom stereocenters. The maximum atomic E-state index is 15.5. The number of rotatable bonds is 8. The van der Waals surface area contributed by atoms with Crippen LogP contribution in [0.5, 0.6) is 0 Å². The van der Waals surface area contributed by atoms with Crippen molar-refractivity contribution in [2.24, 2.45) is 5.92 Å². The minimum Gasteiger partial charge on any atom is -0.477 e. The number of hydrogen-bond acceptors (Lipinski definition) is 6. The van der Waals surface area contributed by atoms with Gasteiger partial charge in [-0.1, -0.05) is 31.9 Å². The molecule has 1 saturated carbocycles. The molecule has 4 rings (SSSR count). The van der Waals surface area contributed by atoms with Gasteiger partial charge in [-0.05, 0) is 52.0 Å². The monoisotopic (exact) mass is 578 g/mol. The molecule has 2 heterocycles. The number of carbonyl (C=O) groups excluding carboxylic acids is 2. The number of carbonyl (C=O) groups is 3. The standard InChI is InChI=1S/C28H36ClFN4O6/c1-6-14(2)21(32-27(39)40-28(3,4)5)25(36)31-15-9-10-33(12-15)23-19(30)11-17-22(20(23)29)34(16-7-8-16)13-18(24(17)35)26(37)38/h11,13-16,21H,6-10,12H2,1-5H3,(H,31,36)(H,32,39)(H,37,38). The number of hydrogen-bond donors (Lipinski definition) is 3. The van der Waals surface area contributed by atoms with Crippen LogP contribution in [0.15, 0.2) is 17.1 Å². The number of amides is 2. The highest BCUT2D eigenvalue weighted by atomic mass is 35.5. The molecule has 1 aromatic carbocycles. The molecule has 40 heavy (non-hydrogen) atoms. The van der Waals surface area contributed by atoms with Crippen molar-refractivity contribution in [1.82, 2.24) is 15.2 Å². The molecule has 0 bridgehead atoms. The molecule has 2 amide bonds. The van der Waals surface area contributed by atoms with Crippen molar-refractivity contribution >= 4 is 46.2 Å². The van der Waals surface area contributed by atoms with Crippen molar-refractivity contribution in [2.75, 3.05) is 18.0 Å². The lowest BCUT2D eigenvalue weighted by molar-refractivity contribution is -0.125. The van der Waals surface area contributed by atoms with Crippen LogP contribution in [0.1, 0.15) is 76.7 Å². The highest BCUT2D eigenvalue weighted by Crippen LogP contribution is 2.42. The number of ether oxygens (including phenoxy) is 1. The summed E-state index contributed by atoms with van der Waals surface area (Å²) < 4.78 is 22.5. The van der Waals surface area contributed by atoms with Gasteiger partial charge in [0.05, 0.1) is 21.6 Å². The summed E-state index contributed by atoms with van der Waals surface area (Å²) in [6, 6.07) is -0.116. The van der Waals surface area contributed by atoms with Gasteiger partial charge in [-0.3, -0.25) is 9.59 Å². The number of carboxylic acid groups (broad SMARTS) is 1. The summed E-state index contributed by atoms with van der Waals surface area (Å²) in [6.07, 6.45) is 3.36. The van der Waals surface area contributed by atoms with Gasteiger partial charge in [0.1, 0.15) is 23.0 Å². The molecule has 2 aliphatic rings. The van der Waals surface area contributed by atoms with Crippen molar-refractivity contribution in [3.05, 3.63) is 38.9 Å². The lowest BCUT2D eigenvalue weighted by Crippen LogP contribution is -2.53. The number of nitrogens with zero attached hydrogens (tertiary/aromatic N) is 2. The first-order valence-corrected chi connectivity index (χ1v) is 13.9. The van der Waals surface area contributed by atoms with Crippen LogP contribution in [0.2, 0.25) is 5.02 Å². The number of aromatic nitrogens is 1. The van der Waals surface area contributed by atoms with Crippen LogP contribution in [0.3, 0.4) is 0 Å². The van der Waals surface area contributed by atoms with Crippen molar-refractivity contribution in [1.29, 1.82) is 0 Å². The predicted molar refractivity (Wildman–Crippen MR) is 150 cm³/mol. The van der Waals surface area contributed by atoms with Crippen molar-refractivity contribution in [3.63, 3.8) is 0 Å². The Bertz CT molecular complexity index is 1400. The first kappa shape index (κ1) is 29.6. The maximum absolute atomic E-state index is 15.5. The molecule has 1 saturated heterocycles. The van der Waals surface area contributed by atoms with Crippen LogP contribution in [0, 0.1) is 11.7 Å². The maximum Gasteiger partial charge on any atom is 0.408 e. The largest absolute Gasteiger partial charge is 0.477 e. The van der Waals surface area contributed by atoms with Gasteiger partial charge in [-0.2, -0.15) is 0 Å². The smallest absolute Gasteiger partial charge is 0.408 e. The van der Waals surface area contributed by atoms with E-state index >= 15 is 4.39 Å². The lowest BCUT2D eigenvalue weighted by Gasteiger charge is -2.27. The Labute approximate surface area is 236 Å². The van der Waals surface area contributed by atoms with Crippen molar-refractivity contribution in [3.8, 4) is 0 Å². The molecule has 1 aliphatic carbocycles. The summed E-state index contributed by atoms with van der Waals surface area (Å²) in [5, 5.41) is 15.1. The summed E-state index contributed by atoms with van der Waals surface area (Å²) in [5.41, 5.74) is -1.51. The molecular weight excluding hydrogens is 543 g/mol. The van der Waals surface area contributed by atoms with E-state index in [9.17, 15) is 24.3 Å². The average Bonchev–Trinajstić information content (AvgIpc) is 3.60. The molecule has 1 aliphatic heterocycles. The fourth-order valence-electron chi connectivity index (χ4n) is 5.02. The number of fused-ring (bicyclic) bond motifs is 1. The predicted octanol–water partition coefficient (Wildman–Crippen LogP) is 4.46. The molecule has 12 heteroatoms. The number of carboxylic acids is 1. The van der Waals surface area contributed by atoms with E-state index in [-0.39, 0.29) is 46.5 Å². The minimum atomic E-state index is -1.38. The number of aromatic carboxylic acids is 1. The second kappa shape index (κ2) is 11.3. The Morgan fingerprint density at radius 2 is 1.93 bits per heavy atom. The lowest BCUT2D eigenvalue weighted by atomic mass is 9.98. The van der Waals surface area contributed by atoms with Crippen LogP contribution in [0.4, 0.5) is 14.9 Å². The van der Waals surface area contributed by atoms with Crippen LogP contribution in [-0.2, 0) is 9.53 Å². The summed E-state index contributed by atoms with van der Waals surface area (Å²) in [4.78, 5) is 51.8. The SMILES string of the molecule is CCC(C)C(NC(=O)OC(C)(C)C)C(=O)NC1CCN(c2c(F)cc3c(=O)c(C(=O)O)cn(C4CC4)c3c2Cl)C1. The molecule has 0 spiro atoms. The first-order valence-electron chi connectivity index (χ1n) is 13.6. The number of alkyl carbamates (subject to hydrolysis) is 1. The first-order chi connectivity index (χ1) is 18.7. The highest BCUT2D eigenvalue weighted by Gasteiger charge is 2.35. The zero-order valence-electron chi connectivity index (χ0n) is 23.3. The molecule has 10 nitrogen and oxygen atoms in total. The fourth-order valence-corrected chi connectivity index (χ4v) is 5.43. The minimum absolute atomic E-state index is 0.0161. The number of benzene rings is 1. The van der Waals surface area contributed by atoms with Gasteiger partial charge >= 0.3 is 12.1 Å². The van der Waals surface area contributed by atoms with Gasteiger partial charge in [0.2, 0.25) is 11.3 Å². The van der Waals surface area contributed by atoms with E-state index in [1.807, 2.05) is 13.8 Å². The van der Waals surface area contributed by atoms with E-state index in [1.54, 1.807) is 30.2 Å². The fraction of sp³-hybridized carbons (Fsp3) is 0.571. The summed E-state index contributed by atoms with van der Waals surface area (Å²) in [7, 11) is 0. The third-order valence-electron chi connectivity index (χ3n) is 7.37. The Kier molecular flexibility index (Phi) is 8.35. The summed E-state index contributed by atoms with van der Waals surface area (Å²) in [6.45, 7) is 9.65. The molecule has 2 fully saturated rings. The molecule has 0 radical (unpaired) electrons. The third-order valence-corrected chi connectivity index (χ3v) is 7.73. The molecule has 3 atom stereocenters. The number of halogens is 2. The van der Waals surface area contributed by atoms with Gasteiger partial charge in [-0.15, -0.1) is 0 Å². The zero-order valence-corrected chi connectivity index (χ0v) is 24.1. The average molecular weight is 579 g/mol. The number of nitrogens with one attached hydrogen (secondary N) is 2. The quantitative estimate of drug-likeness (QED) is 0.421. The van der Waals surface area contributed by atoms with Gasteiger partial charge in [0.25, 0.3) is 0 Å². The van der Waals surface area contributed by atoms with Crippen LogP contribution >= 0.6 is 11.6 Å². The Balaban J connectivity index is 1.57. The van der Waals surface area contributed by atoms with Gasteiger partial charge in [0.15, 0.2) is 0 Å². The van der Waals surface area contributed by atoms with E-state index in [2.05, 4.69) is 10.6 Å². The molecule has 1 aromatic heterocycles. The van der Waals surface area contributed by atoms with E-state index in [0.717, 1.165) is 18.9 Å². The van der Waals surface area contributed by atoms with Crippen LogP contribution in [0.25, 0.3) is 10.9 Å². The van der Waals surface area contributed by atoms with Crippen molar-refractivity contribution in [2.45, 2.75) is 84.0 Å². The van der Waals surface area contributed by atoms with Gasteiger partial charge in [-0.25, -0.2) is 14.0 Å². The second-order valence-corrected chi connectivity index (χ2v) is 12.1. The summed E-state index contributed by atoms with van der Waals surface area (Å²) in [5.74, 6) is -2.64. The molecule has 218 valence electrons. The number of pyridine rings is 1. The molecule has 2 aromatic rings. The second-order valence-electron chi connectivity index (χ2n) is 11.7. The van der Waals surface area contributed by atoms with E-state index in [1.165, 1.54) is 6.20 Å². The Morgan fingerprint density at radius 1 is 1.25 bits per heavy atom. The third kappa shape index (κ3) is 6.19. The van der Waals surface area contributed by atoms with Gasteiger partial charge in [0, 0.05) is 31.4 Å². The molecular formula is C28H36ClFN4O6. The summed E-state index contributed by atoms with van der Waals surface area (Å²) >= 11 is 6.74. The normalized spacial score (nSPS) is 18.9. The van der Waals surface area contributed by atoms with Crippen LogP contribution < -0.4 is 21.0 Å². The van der Waals surface area contributed by atoms with Gasteiger partial charge < -0.3 is 29.9 Å². The topological polar surface area (TPSA) is 130 Å². The Morgan fingerprint density at radius 3 is 2.50 bits per heavy atom. The molecule has 3 N–H and O–H groups in total. The van der Waals surface area contributed by atoms with Crippen LogP contribution in [-0.4, -0.2) is 58.4 Å². The Hall–Kier alpha value is -3.34. The van der Waals surface area contributed by atoms with E-state index in [4.69, 9.17) is 16.3 Å². The van der Waals surface area contributed by atoms with E-state index in [0.29, 0.717) is 24.9 Å². The van der Waals surface area contributed by atoms with E-state index < -0.39 is 40.5 Å². The zero-order chi connectivity index (χ0) is 29.5. The highest BCUT2D eigenvalue weighted by molar-refractivity contribution is 6.38. The number of anilines is 1.